The molecule has 0 saturated carbocycles. The van der Waals surface area contributed by atoms with Crippen LogP contribution in [0.15, 0.2) is 41.5 Å². The topological polar surface area (TPSA) is 30.2 Å². The van der Waals surface area contributed by atoms with Gasteiger partial charge in [-0.05, 0) is 11.4 Å². The van der Waals surface area contributed by atoms with Crippen molar-refractivity contribution in [3.05, 3.63) is 52.6 Å². The van der Waals surface area contributed by atoms with Crippen LogP contribution in [-0.4, -0.2) is 14.6 Å². The largest absolute Gasteiger partial charge is 0.236 e. The summed E-state index contributed by atoms with van der Waals surface area (Å²) in [6, 6.07) is 3.85. The van der Waals surface area contributed by atoms with Crippen molar-refractivity contribution in [2.45, 2.75) is 0 Å². The maximum Gasteiger partial charge on any atom is 0.154 e. The Bertz CT molecular complexity index is 671. The van der Waals surface area contributed by atoms with Gasteiger partial charge < -0.3 is 0 Å². The molecule has 0 amide bonds. The quantitative estimate of drug-likeness (QED) is 0.549. The van der Waals surface area contributed by atoms with Gasteiger partial charge in [0.2, 0.25) is 0 Å². The van der Waals surface area contributed by atoms with Crippen LogP contribution in [0.25, 0.3) is 5.65 Å². The molecule has 3 aromatic heterocycles. The summed E-state index contributed by atoms with van der Waals surface area (Å²) in [6.07, 6.45) is 5.36. The van der Waals surface area contributed by atoms with Crippen LogP contribution < -0.4 is 0 Å². The molecule has 0 aliphatic carbocycles. The molecule has 0 spiro atoms. The second kappa shape index (κ2) is 3.80. The van der Waals surface area contributed by atoms with Gasteiger partial charge in [0.05, 0.1) is 11.8 Å². The molecule has 3 heterocycles. The van der Waals surface area contributed by atoms with Gasteiger partial charge in [0.15, 0.2) is 5.65 Å². The lowest BCUT2D eigenvalue weighted by Crippen LogP contribution is -1.90. The van der Waals surface area contributed by atoms with Gasteiger partial charge in [-0.3, -0.25) is 0 Å². The lowest BCUT2D eigenvalue weighted by Gasteiger charge is -1.92. The van der Waals surface area contributed by atoms with Gasteiger partial charge in [0.25, 0.3) is 0 Å². The third-order valence-corrected chi connectivity index (χ3v) is 2.80. The van der Waals surface area contributed by atoms with Crippen molar-refractivity contribution < 1.29 is 0 Å². The highest BCUT2D eigenvalue weighted by Gasteiger charge is 1.94. The van der Waals surface area contributed by atoms with Gasteiger partial charge in [-0.15, -0.1) is 0 Å². The van der Waals surface area contributed by atoms with Gasteiger partial charge in [-0.2, -0.15) is 16.4 Å². The summed E-state index contributed by atoms with van der Waals surface area (Å²) in [5, 5.41) is 8.15. The van der Waals surface area contributed by atoms with Crippen LogP contribution in [0, 0.1) is 11.8 Å². The van der Waals surface area contributed by atoms with E-state index in [-0.39, 0.29) is 0 Å². The smallest absolute Gasteiger partial charge is 0.154 e. The van der Waals surface area contributed by atoms with Crippen LogP contribution in [0.1, 0.15) is 11.1 Å². The van der Waals surface area contributed by atoms with Crippen LogP contribution in [0.3, 0.4) is 0 Å². The normalized spacial score (nSPS) is 10.0. The average Bonchev–Trinajstić information content (AvgIpc) is 2.97. The Balaban J connectivity index is 2.00. The first-order chi connectivity index (χ1) is 7.92. The zero-order valence-electron chi connectivity index (χ0n) is 8.29. The standard InChI is InChI=1S/C12H7N3S/c1(10-4-6-16-9-10)2-11-7-13-12-3-5-14-15(12)8-11/h3-9H. The summed E-state index contributed by atoms with van der Waals surface area (Å²) in [6.45, 7) is 0. The lowest BCUT2D eigenvalue weighted by atomic mass is 10.3. The van der Waals surface area contributed by atoms with Gasteiger partial charge >= 0.3 is 0 Å². The summed E-state index contributed by atoms with van der Waals surface area (Å²) in [4.78, 5) is 4.24. The summed E-state index contributed by atoms with van der Waals surface area (Å²) < 4.78 is 1.72. The average molecular weight is 225 g/mol. The first-order valence-electron chi connectivity index (χ1n) is 4.75. The van der Waals surface area contributed by atoms with E-state index in [1.807, 2.05) is 29.1 Å². The fraction of sp³-hybridized carbons (Fsp3) is 0. The number of hydrogen-bond donors (Lipinski definition) is 0. The van der Waals surface area contributed by atoms with Gasteiger partial charge in [-0.1, -0.05) is 11.8 Å². The Morgan fingerprint density at radius 2 is 2.12 bits per heavy atom. The molecule has 0 atom stereocenters. The zero-order valence-corrected chi connectivity index (χ0v) is 9.11. The Labute approximate surface area is 96.4 Å². The number of thiophene rings is 1. The Morgan fingerprint density at radius 1 is 1.19 bits per heavy atom. The van der Waals surface area contributed by atoms with Crippen LogP contribution in [0.2, 0.25) is 0 Å². The second-order valence-electron chi connectivity index (χ2n) is 3.24. The molecule has 0 bridgehead atoms. The molecular formula is C12H7N3S. The van der Waals surface area contributed by atoms with Crippen LogP contribution in [0.4, 0.5) is 0 Å². The van der Waals surface area contributed by atoms with E-state index in [1.165, 1.54) is 0 Å². The summed E-state index contributed by atoms with van der Waals surface area (Å²) in [7, 11) is 0. The van der Waals surface area contributed by atoms with Gasteiger partial charge in [-0.25, -0.2) is 9.50 Å². The number of fused-ring (bicyclic) bond motifs is 1. The summed E-state index contributed by atoms with van der Waals surface area (Å²) in [5.74, 6) is 6.14. The molecule has 0 radical (unpaired) electrons. The zero-order chi connectivity index (χ0) is 10.8. The molecular weight excluding hydrogens is 218 g/mol. The molecule has 3 aromatic rings. The predicted molar refractivity (Wildman–Crippen MR) is 63.3 cm³/mol. The number of nitrogens with zero attached hydrogens (tertiary/aromatic N) is 3. The molecule has 0 aliphatic heterocycles. The van der Waals surface area contributed by atoms with Crippen molar-refractivity contribution in [1.82, 2.24) is 14.6 Å². The SMILES string of the molecule is C(#Cc1cnc2ccnn2c1)c1ccsc1. The predicted octanol–water partition coefficient (Wildman–Crippen LogP) is 2.19. The lowest BCUT2D eigenvalue weighted by molar-refractivity contribution is 0.935. The van der Waals surface area contributed by atoms with Crippen molar-refractivity contribution in [3.8, 4) is 11.8 Å². The monoisotopic (exact) mass is 225 g/mol. The molecule has 3 rings (SSSR count). The summed E-state index contributed by atoms with van der Waals surface area (Å²) in [5.41, 5.74) is 2.73. The molecule has 0 unspecified atom stereocenters. The fourth-order valence-corrected chi connectivity index (χ4v) is 1.94. The Kier molecular flexibility index (Phi) is 2.17. The van der Waals surface area contributed by atoms with Crippen LogP contribution in [-0.2, 0) is 0 Å². The Hall–Kier alpha value is -2.12. The van der Waals surface area contributed by atoms with Crippen molar-refractivity contribution in [1.29, 1.82) is 0 Å². The van der Waals surface area contributed by atoms with E-state index in [9.17, 15) is 0 Å². The van der Waals surface area contributed by atoms with E-state index in [2.05, 4.69) is 21.9 Å². The van der Waals surface area contributed by atoms with E-state index in [4.69, 9.17) is 0 Å². The molecule has 3 nitrogen and oxygen atoms in total. The highest BCUT2D eigenvalue weighted by molar-refractivity contribution is 7.08. The van der Waals surface area contributed by atoms with Crippen LogP contribution >= 0.6 is 11.3 Å². The van der Waals surface area contributed by atoms with Crippen molar-refractivity contribution >= 4 is 17.0 Å². The molecule has 16 heavy (non-hydrogen) atoms. The highest BCUT2D eigenvalue weighted by atomic mass is 32.1. The molecule has 0 aromatic carbocycles. The summed E-state index contributed by atoms with van der Waals surface area (Å²) >= 11 is 1.64. The first kappa shape index (κ1) is 9.13. The molecule has 4 heteroatoms. The first-order valence-corrected chi connectivity index (χ1v) is 5.70. The molecule has 0 N–H and O–H groups in total. The minimum Gasteiger partial charge on any atom is -0.236 e. The third kappa shape index (κ3) is 1.69. The molecule has 0 saturated heterocycles. The third-order valence-electron chi connectivity index (χ3n) is 2.12. The van der Waals surface area contributed by atoms with Crippen molar-refractivity contribution in [3.63, 3.8) is 0 Å². The minimum atomic E-state index is 0.834. The molecule has 76 valence electrons. The maximum atomic E-state index is 4.24. The number of hydrogen-bond acceptors (Lipinski definition) is 3. The van der Waals surface area contributed by atoms with E-state index < -0.39 is 0 Å². The highest BCUT2D eigenvalue weighted by Crippen LogP contribution is 2.04. The Morgan fingerprint density at radius 3 is 3.00 bits per heavy atom. The molecule has 0 aliphatic rings. The van der Waals surface area contributed by atoms with E-state index >= 15 is 0 Å². The van der Waals surface area contributed by atoms with Crippen molar-refractivity contribution in [2.24, 2.45) is 0 Å². The maximum absolute atomic E-state index is 4.24. The van der Waals surface area contributed by atoms with Gasteiger partial charge in [0.1, 0.15) is 0 Å². The van der Waals surface area contributed by atoms with Crippen molar-refractivity contribution in [2.75, 3.05) is 0 Å². The number of aromatic nitrogens is 3. The van der Waals surface area contributed by atoms with E-state index in [0.717, 1.165) is 16.8 Å². The second-order valence-corrected chi connectivity index (χ2v) is 4.02. The molecule has 0 fully saturated rings. The number of rotatable bonds is 0. The van der Waals surface area contributed by atoms with Gasteiger partial charge in [0, 0.05) is 29.4 Å². The van der Waals surface area contributed by atoms with E-state index in [0.29, 0.717) is 0 Å². The fourth-order valence-electron chi connectivity index (χ4n) is 1.35. The minimum absolute atomic E-state index is 0.834. The van der Waals surface area contributed by atoms with Crippen LogP contribution in [0.5, 0.6) is 0 Å². The van der Waals surface area contributed by atoms with E-state index in [1.54, 1.807) is 28.2 Å².